The number of halogens is 1. The summed E-state index contributed by atoms with van der Waals surface area (Å²) in [6.07, 6.45) is 0.624. The van der Waals surface area contributed by atoms with Crippen LogP contribution in [0, 0.1) is 5.82 Å². The van der Waals surface area contributed by atoms with Crippen LogP contribution in [0.25, 0.3) is 0 Å². The first kappa shape index (κ1) is 19.8. The molecule has 7 nitrogen and oxygen atoms in total. The van der Waals surface area contributed by atoms with Gasteiger partial charge >= 0.3 is 6.03 Å². The van der Waals surface area contributed by atoms with Crippen LogP contribution >= 0.6 is 0 Å². The summed E-state index contributed by atoms with van der Waals surface area (Å²) >= 11 is 0. The van der Waals surface area contributed by atoms with Crippen molar-refractivity contribution in [3.8, 4) is 0 Å². The Kier molecular flexibility index (Phi) is 7.08. The second kappa shape index (κ2) is 9.28. The maximum absolute atomic E-state index is 13.4. The molecule has 26 heavy (non-hydrogen) atoms. The van der Waals surface area contributed by atoms with Crippen molar-refractivity contribution >= 4 is 17.8 Å². The molecule has 0 bridgehead atoms. The molecule has 0 atom stereocenters. The Hall–Kier alpha value is -2.48. The lowest BCUT2D eigenvalue weighted by Crippen LogP contribution is -2.37. The molecule has 142 valence electrons. The van der Waals surface area contributed by atoms with Gasteiger partial charge in [-0.1, -0.05) is 12.1 Å². The Morgan fingerprint density at radius 3 is 2.65 bits per heavy atom. The lowest BCUT2D eigenvalue weighted by atomic mass is 10.2. The Morgan fingerprint density at radius 2 is 2.04 bits per heavy atom. The average Bonchev–Trinajstić information content (AvgIpc) is 2.90. The molecular formula is C18H25FN4O3. The van der Waals surface area contributed by atoms with E-state index in [0.717, 1.165) is 10.5 Å². The van der Waals surface area contributed by atoms with Crippen molar-refractivity contribution in [3.05, 3.63) is 35.6 Å². The van der Waals surface area contributed by atoms with Crippen molar-refractivity contribution in [1.82, 2.24) is 20.0 Å². The van der Waals surface area contributed by atoms with Crippen LogP contribution in [0.3, 0.4) is 0 Å². The van der Waals surface area contributed by atoms with Crippen molar-refractivity contribution in [2.75, 3.05) is 40.3 Å². The third-order valence-electron chi connectivity index (χ3n) is 4.14. The summed E-state index contributed by atoms with van der Waals surface area (Å²) in [4.78, 5) is 40.4. The molecule has 0 aromatic heterocycles. The lowest BCUT2D eigenvalue weighted by molar-refractivity contribution is -0.132. The van der Waals surface area contributed by atoms with Gasteiger partial charge < -0.3 is 15.1 Å². The Morgan fingerprint density at radius 1 is 1.27 bits per heavy atom. The summed E-state index contributed by atoms with van der Waals surface area (Å²) in [6, 6.07) is 5.78. The summed E-state index contributed by atoms with van der Waals surface area (Å²) in [6.45, 7) is 1.77. The second-order valence-corrected chi connectivity index (χ2v) is 6.56. The fraction of sp³-hybridized carbons (Fsp3) is 0.500. The van der Waals surface area contributed by atoms with Crippen LogP contribution in [0.2, 0.25) is 0 Å². The van der Waals surface area contributed by atoms with Gasteiger partial charge in [0.05, 0.1) is 6.54 Å². The highest BCUT2D eigenvalue weighted by molar-refractivity contribution is 6.01. The van der Waals surface area contributed by atoms with E-state index in [1.165, 1.54) is 12.1 Å². The molecule has 1 aliphatic heterocycles. The van der Waals surface area contributed by atoms with Gasteiger partial charge in [-0.15, -0.1) is 0 Å². The van der Waals surface area contributed by atoms with Crippen LogP contribution < -0.4 is 5.32 Å². The quantitative estimate of drug-likeness (QED) is 0.665. The van der Waals surface area contributed by atoms with Gasteiger partial charge in [-0.25, -0.2) is 9.18 Å². The van der Waals surface area contributed by atoms with Crippen LogP contribution in [0.1, 0.15) is 18.4 Å². The number of imide groups is 1. The number of urea groups is 1. The SMILES string of the molecule is CN(C)CCN(Cc1cccc(F)c1)C(=O)CCCN1C(=O)CNC1=O. The third kappa shape index (κ3) is 5.80. The molecule has 8 heteroatoms. The van der Waals surface area contributed by atoms with Gasteiger partial charge in [0, 0.05) is 32.6 Å². The largest absolute Gasteiger partial charge is 0.337 e. The molecule has 2 rings (SSSR count). The van der Waals surface area contributed by atoms with E-state index in [2.05, 4.69) is 5.32 Å². The summed E-state index contributed by atoms with van der Waals surface area (Å²) in [5.74, 6) is -0.684. The Balaban J connectivity index is 1.91. The first-order valence-corrected chi connectivity index (χ1v) is 8.62. The molecule has 1 aromatic carbocycles. The number of hydrogen-bond donors (Lipinski definition) is 1. The predicted octanol–water partition coefficient (Wildman–Crippen LogP) is 1.05. The fourth-order valence-electron chi connectivity index (χ4n) is 2.70. The van der Waals surface area contributed by atoms with E-state index in [4.69, 9.17) is 0 Å². The van der Waals surface area contributed by atoms with Gasteiger partial charge in [0.1, 0.15) is 5.82 Å². The van der Waals surface area contributed by atoms with E-state index in [0.29, 0.717) is 26.1 Å². The van der Waals surface area contributed by atoms with Crippen molar-refractivity contribution in [1.29, 1.82) is 0 Å². The molecule has 1 aromatic rings. The Labute approximate surface area is 152 Å². The number of carbonyl (C=O) groups excluding carboxylic acids is 3. The molecule has 1 N–H and O–H groups in total. The van der Waals surface area contributed by atoms with Crippen molar-refractivity contribution in [2.24, 2.45) is 0 Å². The Bertz CT molecular complexity index is 650. The molecular weight excluding hydrogens is 339 g/mol. The molecule has 1 saturated heterocycles. The van der Waals surface area contributed by atoms with E-state index in [9.17, 15) is 18.8 Å². The number of nitrogens with zero attached hydrogens (tertiary/aromatic N) is 3. The zero-order chi connectivity index (χ0) is 19.1. The van der Waals surface area contributed by atoms with Crippen LogP contribution in [-0.4, -0.2) is 72.8 Å². The van der Waals surface area contributed by atoms with Gasteiger partial charge in [0.25, 0.3) is 0 Å². The zero-order valence-corrected chi connectivity index (χ0v) is 15.2. The lowest BCUT2D eigenvalue weighted by Gasteiger charge is -2.25. The number of likely N-dealkylation sites (N-methyl/N-ethyl adjacent to an activating group) is 1. The molecule has 1 heterocycles. The minimum absolute atomic E-state index is 0.0152. The first-order chi connectivity index (χ1) is 12.4. The van der Waals surface area contributed by atoms with Gasteiger partial charge in [-0.2, -0.15) is 0 Å². The van der Waals surface area contributed by atoms with E-state index >= 15 is 0 Å². The first-order valence-electron chi connectivity index (χ1n) is 8.62. The highest BCUT2D eigenvalue weighted by Crippen LogP contribution is 2.10. The molecule has 1 fully saturated rings. The van der Waals surface area contributed by atoms with Gasteiger partial charge in [-0.3, -0.25) is 14.5 Å². The van der Waals surface area contributed by atoms with Crippen molar-refractivity contribution < 1.29 is 18.8 Å². The van der Waals surface area contributed by atoms with Crippen molar-refractivity contribution in [2.45, 2.75) is 19.4 Å². The molecule has 0 aliphatic carbocycles. The molecule has 0 saturated carbocycles. The third-order valence-corrected chi connectivity index (χ3v) is 4.14. The normalized spacial score (nSPS) is 14.1. The number of nitrogens with one attached hydrogen (secondary N) is 1. The number of rotatable bonds is 9. The van der Waals surface area contributed by atoms with Gasteiger partial charge in [0.15, 0.2) is 0 Å². The fourth-order valence-corrected chi connectivity index (χ4v) is 2.70. The second-order valence-electron chi connectivity index (χ2n) is 6.56. The standard InChI is InChI=1S/C18H25FN4O3/c1-21(2)9-10-22(13-14-5-3-6-15(19)11-14)16(24)7-4-8-23-17(25)12-20-18(23)26/h3,5-6,11H,4,7-10,12-13H2,1-2H3,(H,20,26). The van der Waals surface area contributed by atoms with Crippen molar-refractivity contribution in [3.63, 3.8) is 0 Å². The van der Waals surface area contributed by atoms with Crippen LogP contribution in [-0.2, 0) is 16.1 Å². The van der Waals surface area contributed by atoms with E-state index in [1.807, 2.05) is 19.0 Å². The molecule has 0 radical (unpaired) electrons. The minimum Gasteiger partial charge on any atom is -0.337 e. The summed E-state index contributed by atoms with van der Waals surface area (Å²) < 4.78 is 13.4. The number of hydrogen-bond acceptors (Lipinski definition) is 4. The number of carbonyl (C=O) groups is 3. The van der Waals surface area contributed by atoms with Crippen LogP contribution in [0.15, 0.2) is 24.3 Å². The summed E-state index contributed by atoms with van der Waals surface area (Å²) in [7, 11) is 3.84. The molecule has 1 aliphatic rings. The smallest absolute Gasteiger partial charge is 0.324 e. The van der Waals surface area contributed by atoms with Gasteiger partial charge in [0.2, 0.25) is 11.8 Å². The number of amides is 4. The van der Waals surface area contributed by atoms with Gasteiger partial charge in [-0.05, 0) is 38.2 Å². The molecule has 0 unspecified atom stereocenters. The highest BCUT2D eigenvalue weighted by atomic mass is 19.1. The average molecular weight is 364 g/mol. The minimum atomic E-state index is -0.410. The van der Waals surface area contributed by atoms with E-state index < -0.39 is 6.03 Å². The summed E-state index contributed by atoms with van der Waals surface area (Å²) in [5, 5.41) is 2.45. The zero-order valence-electron chi connectivity index (χ0n) is 15.2. The topological polar surface area (TPSA) is 73.0 Å². The van der Waals surface area contributed by atoms with E-state index in [1.54, 1.807) is 17.0 Å². The summed E-state index contributed by atoms with van der Waals surface area (Å²) in [5.41, 5.74) is 0.728. The molecule has 0 spiro atoms. The van der Waals surface area contributed by atoms with Crippen LogP contribution in [0.4, 0.5) is 9.18 Å². The van der Waals surface area contributed by atoms with E-state index in [-0.39, 0.29) is 37.1 Å². The maximum Gasteiger partial charge on any atom is 0.324 e. The monoisotopic (exact) mass is 364 g/mol. The number of benzene rings is 1. The van der Waals surface area contributed by atoms with Crippen LogP contribution in [0.5, 0.6) is 0 Å². The maximum atomic E-state index is 13.4. The highest BCUT2D eigenvalue weighted by Gasteiger charge is 2.28. The molecule has 4 amide bonds. The predicted molar refractivity (Wildman–Crippen MR) is 94.7 cm³/mol.